The van der Waals surface area contributed by atoms with Gasteiger partial charge in [0.25, 0.3) is 10.0 Å². The second-order valence-electron chi connectivity index (χ2n) is 6.11. The number of hydrogen-bond acceptors (Lipinski definition) is 5. The van der Waals surface area contributed by atoms with E-state index < -0.39 is 10.0 Å². The Morgan fingerprint density at radius 2 is 1.74 bits per heavy atom. The molecule has 0 aliphatic rings. The third-order valence-electron chi connectivity index (χ3n) is 4.17. The van der Waals surface area contributed by atoms with E-state index in [0.717, 1.165) is 16.8 Å². The topological polar surface area (TPSA) is 80.3 Å². The van der Waals surface area contributed by atoms with E-state index in [-0.39, 0.29) is 4.90 Å². The van der Waals surface area contributed by atoms with Gasteiger partial charge in [0.1, 0.15) is 11.6 Å². The highest BCUT2D eigenvalue weighted by atomic mass is 32.2. The number of nitrogens with zero attached hydrogens (tertiary/aromatic N) is 1. The van der Waals surface area contributed by atoms with Crippen LogP contribution in [0.3, 0.4) is 0 Å². The molecule has 1 heterocycles. The summed E-state index contributed by atoms with van der Waals surface area (Å²) >= 11 is 0. The van der Waals surface area contributed by atoms with Crippen molar-refractivity contribution in [3.63, 3.8) is 0 Å². The first kappa shape index (κ1) is 18.7. The summed E-state index contributed by atoms with van der Waals surface area (Å²) in [4.78, 5) is 4.49. The van der Waals surface area contributed by atoms with Crippen LogP contribution in [0.4, 0.5) is 17.2 Å². The van der Waals surface area contributed by atoms with Gasteiger partial charge in [-0.15, -0.1) is 0 Å². The van der Waals surface area contributed by atoms with Crippen LogP contribution in [0.25, 0.3) is 0 Å². The molecule has 0 fully saturated rings. The lowest BCUT2D eigenvalue weighted by atomic mass is 10.1. The smallest absolute Gasteiger partial charge is 0.261 e. The minimum atomic E-state index is -3.67. The Labute approximate surface area is 159 Å². The number of pyridine rings is 1. The Kier molecular flexibility index (Phi) is 5.32. The van der Waals surface area contributed by atoms with E-state index in [0.29, 0.717) is 17.3 Å². The summed E-state index contributed by atoms with van der Waals surface area (Å²) < 4.78 is 33.0. The van der Waals surface area contributed by atoms with Gasteiger partial charge in [0, 0.05) is 0 Å². The van der Waals surface area contributed by atoms with Crippen molar-refractivity contribution in [1.82, 2.24) is 4.98 Å². The monoisotopic (exact) mass is 383 g/mol. The highest BCUT2D eigenvalue weighted by Gasteiger charge is 2.15. The number of anilines is 3. The SMILES string of the molecule is COc1ccccc1Nc1ccc(NS(=O)(=O)c2ccc(C)c(C)c2)cn1. The number of nitrogens with one attached hydrogen (secondary N) is 2. The van der Waals surface area contributed by atoms with Crippen molar-refractivity contribution in [2.24, 2.45) is 0 Å². The summed E-state index contributed by atoms with van der Waals surface area (Å²) in [7, 11) is -2.07. The summed E-state index contributed by atoms with van der Waals surface area (Å²) in [5, 5.41) is 3.15. The van der Waals surface area contributed by atoms with Gasteiger partial charge in [-0.3, -0.25) is 4.72 Å². The molecule has 0 saturated heterocycles. The number of ether oxygens (including phenoxy) is 1. The zero-order valence-corrected chi connectivity index (χ0v) is 16.2. The molecule has 0 amide bonds. The van der Waals surface area contributed by atoms with Gasteiger partial charge in [0.05, 0.1) is 29.6 Å². The first-order valence-electron chi connectivity index (χ1n) is 8.35. The van der Waals surface area contributed by atoms with Crippen LogP contribution >= 0.6 is 0 Å². The van der Waals surface area contributed by atoms with Crippen molar-refractivity contribution < 1.29 is 13.2 Å². The van der Waals surface area contributed by atoms with Crippen LogP contribution in [0.1, 0.15) is 11.1 Å². The summed E-state index contributed by atoms with van der Waals surface area (Å²) in [5.41, 5.74) is 3.13. The molecule has 2 N–H and O–H groups in total. The molecule has 0 bridgehead atoms. The first-order chi connectivity index (χ1) is 12.9. The average molecular weight is 383 g/mol. The Morgan fingerprint density at radius 1 is 0.963 bits per heavy atom. The predicted molar refractivity (Wildman–Crippen MR) is 107 cm³/mol. The summed E-state index contributed by atoms with van der Waals surface area (Å²) in [6, 6.07) is 15.9. The molecular formula is C20H21N3O3S. The number of sulfonamides is 1. The molecule has 27 heavy (non-hydrogen) atoms. The van der Waals surface area contributed by atoms with E-state index in [1.807, 2.05) is 38.1 Å². The van der Waals surface area contributed by atoms with E-state index in [4.69, 9.17) is 4.74 Å². The fraction of sp³-hybridized carbons (Fsp3) is 0.150. The van der Waals surface area contributed by atoms with Crippen molar-refractivity contribution in [1.29, 1.82) is 0 Å². The van der Waals surface area contributed by atoms with Crippen molar-refractivity contribution in [2.75, 3.05) is 17.1 Å². The molecule has 2 aromatic carbocycles. The minimum absolute atomic E-state index is 0.224. The lowest BCUT2D eigenvalue weighted by Gasteiger charge is -2.12. The number of rotatable bonds is 6. The van der Waals surface area contributed by atoms with Gasteiger partial charge in [-0.05, 0) is 61.4 Å². The fourth-order valence-corrected chi connectivity index (χ4v) is 3.64. The van der Waals surface area contributed by atoms with Gasteiger partial charge in [-0.1, -0.05) is 18.2 Å². The maximum Gasteiger partial charge on any atom is 0.261 e. The normalized spacial score (nSPS) is 11.1. The molecular weight excluding hydrogens is 362 g/mol. The van der Waals surface area contributed by atoms with Gasteiger partial charge in [0.15, 0.2) is 0 Å². The lowest BCUT2D eigenvalue weighted by molar-refractivity contribution is 0.417. The minimum Gasteiger partial charge on any atom is -0.495 e. The molecule has 3 rings (SSSR count). The molecule has 0 unspecified atom stereocenters. The molecule has 0 atom stereocenters. The van der Waals surface area contributed by atoms with Crippen LogP contribution in [-0.2, 0) is 10.0 Å². The number of methoxy groups -OCH3 is 1. The van der Waals surface area contributed by atoms with Gasteiger partial charge in [-0.2, -0.15) is 0 Å². The largest absolute Gasteiger partial charge is 0.495 e. The Morgan fingerprint density at radius 3 is 2.41 bits per heavy atom. The number of aromatic nitrogens is 1. The second kappa shape index (κ2) is 7.67. The molecule has 0 spiro atoms. The Hall–Kier alpha value is -3.06. The molecule has 7 heteroatoms. The van der Waals surface area contributed by atoms with Crippen LogP contribution in [0, 0.1) is 13.8 Å². The molecule has 6 nitrogen and oxygen atoms in total. The van der Waals surface area contributed by atoms with E-state index in [1.165, 1.54) is 6.20 Å². The standard InChI is InChI=1S/C20H21N3O3S/c1-14-8-10-17(12-15(14)2)27(24,25)23-16-9-11-20(21-13-16)22-18-6-4-5-7-19(18)26-3/h4-13,23H,1-3H3,(H,21,22). The third kappa shape index (κ3) is 4.38. The number of aryl methyl sites for hydroxylation is 2. The predicted octanol–water partition coefficient (Wildman–Crippen LogP) is 4.25. The maximum atomic E-state index is 12.6. The van der Waals surface area contributed by atoms with Crippen LogP contribution in [0.5, 0.6) is 5.75 Å². The number of para-hydroxylation sites is 2. The van der Waals surface area contributed by atoms with Gasteiger partial charge >= 0.3 is 0 Å². The maximum absolute atomic E-state index is 12.6. The van der Waals surface area contributed by atoms with Crippen LogP contribution in [0.2, 0.25) is 0 Å². The highest BCUT2D eigenvalue weighted by Crippen LogP contribution is 2.26. The fourth-order valence-electron chi connectivity index (χ4n) is 2.51. The quantitative estimate of drug-likeness (QED) is 0.665. The van der Waals surface area contributed by atoms with E-state index in [1.54, 1.807) is 37.4 Å². The third-order valence-corrected chi connectivity index (χ3v) is 5.55. The first-order valence-corrected chi connectivity index (χ1v) is 9.83. The molecule has 0 aliphatic carbocycles. The number of benzene rings is 2. The van der Waals surface area contributed by atoms with Gasteiger partial charge in [-0.25, -0.2) is 13.4 Å². The van der Waals surface area contributed by atoms with Crippen LogP contribution < -0.4 is 14.8 Å². The molecule has 3 aromatic rings. The van der Waals surface area contributed by atoms with Gasteiger partial charge < -0.3 is 10.1 Å². The summed E-state index contributed by atoms with van der Waals surface area (Å²) in [6.45, 7) is 3.82. The van der Waals surface area contributed by atoms with E-state index in [9.17, 15) is 8.42 Å². The molecule has 140 valence electrons. The van der Waals surface area contributed by atoms with Crippen LogP contribution in [-0.4, -0.2) is 20.5 Å². The van der Waals surface area contributed by atoms with Crippen LogP contribution in [0.15, 0.2) is 65.7 Å². The second-order valence-corrected chi connectivity index (χ2v) is 7.79. The van der Waals surface area contributed by atoms with Crippen molar-refractivity contribution in [2.45, 2.75) is 18.7 Å². The Bertz CT molecular complexity index is 1050. The summed E-state index contributed by atoms with van der Waals surface area (Å²) in [5.74, 6) is 1.27. The molecule has 0 aliphatic heterocycles. The van der Waals surface area contributed by atoms with E-state index >= 15 is 0 Å². The lowest BCUT2D eigenvalue weighted by Crippen LogP contribution is -2.13. The van der Waals surface area contributed by atoms with Gasteiger partial charge in [0.2, 0.25) is 0 Å². The zero-order chi connectivity index (χ0) is 19.4. The zero-order valence-electron chi connectivity index (χ0n) is 15.4. The molecule has 1 aromatic heterocycles. The summed E-state index contributed by atoms with van der Waals surface area (Å²) in [6.07, 6.45) is 1.47. The highest BCUT2D eigenvalue weighted by molar-refractivity contribution is 7.92. The Balaban J connectivity index is 1.76. The molecule has 0 radical (unpaired) electrons. The van der Waals surface area contributed by atoms with Crippen molar-refractivity contribution >= 4 is 27.2 Å². The molecule has 0 saturated carbocycles. The van der Waals surface area contributed by atoms with Crippen molar-refractivity contribution in [3.8, 4) is 5.75 Å². The van der Waals surface area contributed by atoms with E-state index in [2.05, 4.69) is 15.0 Å². The van der Waals surface area contributed by atoms with Crippen molar-refractivity contribution in [3.05, 3.63) is 71.9 Å². The average Bonchev–Trinajstić information content (AvgIpc) is 2.65. The number of hydrogen-bond donors (Lipinski definition) is 2.